The Morgan fingerprint density at radius 1 is 0.415 bits per heavy atom. The molecule has 208 valence electrons. The van der Waals surface area contributed by atoms with Crippen LogP contribution in [-0.2, 0) is 23.6 Å². The molecule has 4 rings (SSSR count). The van der Waals surface area contributed by atoms with Gasteiger partial charge in [0.25, 0.3) is 0 Å². The van der Waals surface area contributed by atoms with E-state index >= 15 is 0 Å². The summed E-state index contributed by atoms with van der Waals surface area (Å²) >= 11 is 11.9. The first-order valence-electron chi connectivity index (χ1n) is 12.8. The van der Waals surface area contributed by atoms with E-state index in [2.05, 4.69) is 4.86 Å². The van der Waals surface area contributed by atoms with Crippen molar-refractivity contribution in [3.05, 3.63) is 142 Å². The fraction of sp³-hybridized carbons (Fsp3) is 0.125. The summed E-state index contributed by atoms with van der Waals surface area (Å²) in [4.78, 5) is 59.5. The molecule has 0 aliphatic carbocycles. The highest BCUT2D eigenvalue weighted by Crippen LogP contribution is 2.61. The number of aryl methyl sites for hydroxylation is 4. The van der Waals surface area contributed by atoms with E-state index in [9.17, 15) is 19.2 Å². The average molecular weight is 618 g/mol. The highest BCUT2D eigenvalue weighted by atomic mass is 32.5. The summed E-state index contributed by atoms with van der Waals surface area (Å²) in [6.07, 6.45) is -8.11. The van der Waals surface area contributed by atoms with E-state index in [0.717, 1.165) is 22.3 Å². The van der Waals surface area contributed by atoms with Crippen LogP contribution < -0.4 is 4.86 Å². The molecule has 0 amide bonds. The van der Waals surface area contributed by atoms with E-state index in [4.69, 9.17) is 23.6 Å². The van der Waals surface area contributed by atoms with Crippen molar-refractivity contribution in [2.24, 2.45) is 0 Å². The predicted octanol–water partition coefficient (Wildman–Crippen LogP) is 7.96. The zero-order valence-corrected chi connectivity index (χ0v) is 26.5. The molecule has 0 bridgehead atoms. The third-order valence-electron chi connectivity index (χ3n) is 6.62. The fourth-order valence-corrected chi connectivity index (χ4v) is 13.5. The van der Waals surface area contributed by atoms with Gasteiger partial charge in [0.05, 0.1) is 0 Å². The minimum Gasteiger partial charge on any atom is -0.286 e. The zero-order chi connectivity index (χ0) is 29.9. The molecular weight excluding hydrogens is 588 g/mol. The molecule has 0 unspecified atom stereocenters. The maximum Gasteiger partial charge on any atom is 0.215 e. The third kappa shape index (κ3) is 6.51. The van der Waals surface area contributed by atoms with Crippen molar-refractivity contribution >= 4 is 58.1 Å². The third-order valence-corrected chi connectivity index (χ3v) is 15.7. The fourth-order valence-electron chi connectivity index (χ4n) is 4.08. The van der Waals surface area contributed by atoms with Crippen LogP contribution in [0.4, 0.5) is 0 Å². The van der Waals surface area contributed by atoms with Gasteiger partial charge in [-0.1, -0.05) is 143 Å². The van der Waals surface area contributed by atoms with Crippen molar-refractivity contribution < 1.29 is 19.2 Å². The Hall–Kier alpha value is -3.18. The number of carbonyl (C=O) groups excluding carboxylic acids is 4. The summed E-state index contributed by atoms with van der Waals surface area (Å²) in [7, 11) is 0. The van der Waals surface area contributed by atoms with Crippen LogP contribution in [0.2, 0.25) is 0 Å². The summed E-state index contributed by atoms with van der Waals surface area (Å²) in [6.45, 7) is 7.50. The number of benzene rings is 4. The van der Waals surface area contributed by atoms with E-state index in [1.807, 2.05) is 27.7 Å². The van der Waals surface area contributed by atoms with Crippen LogP contribution in [0.1, 0.15) is 63.7 Å². The molecule has 0 radical (unpaired) electrons. The number of hydrogen-bond acceptors (Lipinski definition) is 6. The molecule has 0 spiro atoms. The smallest absolute Gasteiger partial charge is 0.215 e. The Morgan fingerprint density at radius 2 is 0.585 bits per heavy atom. The van der Waals surface area contributed by atoms with Crippen LogP contribution in [0.5, 0.6) is 0 Å². The molecule has 4 aromatic carbocycles. The lowest BCUT2D eigenvalue weighted by Gasteiger charge is -2.28. The van der Waals surface area contributed by atoms with Gasteiger partial charge in [-0.05, 0) is 27.7 Å². The number of hydrogen-bond donors (Lipinski definition) is 1. The minimum atomic E-state index is -4.06. The quantitative estimate of drug-likeness (QED) is 0.181. The number of rotatable bonds is 10. The van der Waals surface area contributed by atoms with Gasteiger partial charge in [-0.3, -0.25) is 19.2 Å². The molecule has 0 fully saturated rings. The molecular formula is C32H29NO4P2S2. The SMILES string of the molecule is Cc1ccc(C(=O)P(=S)(NP(=S)(C(=O)c2ccc(C)cc2)C(=O)c2ccc(C)cc2)C(=O)c2ccc(C)cc2)cc1. The van der Waals surface area contributed by atoms with Crippen molar-refractivity contribution in [1.82, 2.24) is 4.86 Å². The lowest BCUT2D eigenvalue weighted by molar-refractivity contribution is 0.104. The molecule has 0 saturated carbocycles. The second kappa shape index (κ2) is 12.4. The highest BCUT2D eigenvalue weighted by molar-refractivity contribution is 8.39. The molecule has 0 atom stereocenters. The van der Waals surface area contributed by atoms with Crippen molar-refractivity contribution in [2.75, 3.05) is 0 Å². The Kier molecular flexibility index (Phi) is 9.28. The van der Waals surface area contributed by atoms with Crippen LogP contribution in [-0.4, -0.2) is 22.1 Å². The maximum atomic E-state index is 14.2. The molecule has 0 heterocycles. The van der Waals surface area contributed by atoms with Crippen LogP contribution in [0.3, 0.4) is 0 Å². The predicted molar refractivity (Wildman–Crippen MR) is 174 cm³/mol. The molecule has 1 N–H and O–H groups in total. The molecule has 0 aliphatic heterocycles. The summed E-state index contributed by atoms with van der Waals surface area (Å²) in [6, 6.07) is 26.7. The van der Waals surface area contributed by atoms with E-state index in [0.29, 0.717) is 0 Å². The molecule has 4 aromatic rings. The van der Waals surface area contributed by atoms with Crippen molar-refractivity contribution in [3.8, 4) is 0 Å². The molecule has 0 aromatic heterocycles. The standard InChI is InChI=1S/C32H29NO4P2S2/c1-21-5-13-25(14-6-21)29(34)38(40,30(35)26-15-7-22(2)8-16-26)33-39(41,31(36)27-17-9-23(3)10-18-27)32(37)28-19-11-24(4)12-20-28/h5-20H,1-4H3,(H,33,40,41). The lowest BCUT2D eigenvalue weighted by Crippen LogP contribution is -2.27. The van der Waals surface area contributed by atoms with Crippen LogP contribution in [0.25, 0.3) is 0 Å². The van der Waals surface area contributed by atoms with E-state index in [-0.39, 0.29) is 22.3 Å². The van der Waals surface area contributed by atoms with Crippen molar-refractivity contribution in [3.63, 3.8) is 0 Å². The summed E-state index contributed by atoms with van der Waals surface area (Å²) < 4.78 is 0. The van der Waals surface area contributed by atoms with Gasteiger partial charge in [-0.25, -0.2) is 4.86 Å². The van der Waals surface area contributed by atoms with E-state index in [1.54, 1.807) is 97.1 Å². The molecule has 9 heteroatoms. The Labute approximate surface area is 250 Å². The van der Waals surface area contributed by atoms with Gasteiger partial charge in [-0.15, -0.1) is 0 Å². The monoisotopic (exact) mass is 617 g/mol. The molecule has 0 aliphatic rings. The first-order chi connectivity index (χ1) is 19.3. The van der Waals surface area contributed by atoms with Crippen molar-refractivity contribution in [1.29, 1.82) is 0 Å². The largest absolute Gasteiger partial charge is 0.286 e. The average Bonchev–Trinajstić information content (AvgIpc) is 2.97. The topological polar surface area (TPSA) is 80.3 Å². The first-order valence-corrected chi connectivity index (χ1v) is 18.4. The van der Waals surface area contributed by atoms with Gasteiger partial charge < -0.3 is 0 Å². The van der Waals surface area contributed by atoms with Crippen LogP contribution in [0, 0.1) is 27.7 Å². The Bertz CT molecular complexity index is 1490. The minimum absolute atomic E-state index is 0.207. The maximum absolute atomic E-state index is 14.2. The first kappa shape index (κ1) is 30.8. The van der Waals surface area contributed by atoms with Gasteiger partial charge in [-0.2, -0.15) is 0 Å². The van der Waals surface area contributed by atoms with Gasteiger partial charge in [0.15, 0.2) is 12.4 Å². The van der Waals surface area contributed by atoms with Gasteiger partial charge in [0.1, 0.15) is 0 Å². The van der Waals surface area contributed by atoms with Gasteiger partial charge >= 0.3 is 0 Å². The van der Waals surface area contributed by atoms with E-state index < -0.39 is 34.5 Å². The second-order valence-corrected chi connectivity index (χ2v) is 18.2. The van der Waals surface area contributed by atoms with E-state index in [1.165, 1.54) is 0 Å². The molecule has 5 nitrogen and oxygen atoms in total. The van der Waals surface area contributed by atoms with Crippen LogP contribution in [0.15, 0.2) is 97.1 Å². The Morgan fingerprint density at radius 3 is 0.756 bits per heavy atom. The number of nitrogens with one attached hydrogen (secondary N) is 1. The second-order valence-electron chi connectivity index (χ2n) is 10.0. The summed E-state index contributed by atoms with van der Waals surface area (Å²) in [5.74, 6) is 0. The van der Waals surface area contributed by atoms with Gasteiger partial charge in [0.2, 0.25) is 22.1 Å². The lowest BCUT2D eigenvalue weighted by atomic mass is 10.2. The highest BCUT2D eigenvalue weighted by Gasteiger charge is 2.46. The normalized spacial score (nSPS) is 11.6. The van der Waals surface area contributed by atoms with Crippen LogP contribution >= 0.6 is 12.4 Å². The summed E-state index contributed by atoms with van der Waals surface area (Å²) in [5.41, 5.74) is 1.89. The van der Waals surface area contributed by atoms with Gasteiger partial charge in [0, 0.05) is 22.3 Å². The summed E-state index contributed by atoms with van der Waals surface area (Å²) in [5, 5.41) is 0. The zero-order valence-electron chi connectivity index (χ0n) is 23.1. The van der Waals surface area contributed by atoms with Crippen molar-refractivity contribution in [2.45, 2.75) is 27.7 Å². The Balaban J connectivity index is 1.92. The number of carbonyl (C=O) groups is 4. The molecule has 41 heavy (non-hydrogen) atoms. The molecule has 0 saturated heterocycles.